The van der Waals surface area contributed by atoms with Crippen molar-refractivity contribution in [1.29, 1.82) is 0 Å². The van der Waals surface area contributed by atoms with Gasteiger partial charge in [-0.1, -0.05) is 13.0 Å². The van der Waals surface area contributed by atoms with Crippen LogP contribution in [-0.2, 0) is 6.54 Å². The van der Waals surface area contributed by atoms with Crippen molar-refractivity contribution >= 4 is 11.7 Å². The first kappa shape index (κ1) is 17.5. The second kappa shape index (κ2) is 7.72. The van der Waals surface area contributed by atoms with E-state index in [4.69, 9.17) is 0 Å². The molecule has 1 aromatic carbocycles. The molecule has 0 aliphatic heterocycles. The molecule has 0 bridgehead atoms. The van der Waals surface area contributed by atoms with E-state index in [1.807, 2.05) is 32.0 Å². The molecule has 3 rings (SSSR count). The van der Waals surface area contributed by atoms with Gasteiger partial charge in [-0.05, 0) is 48.4 Å². The average Bonchev–Trinajstić information content (AvgIpc) is 3.28. The van der Waals surface area contributed by atoms with Crippen LogP contribution in [0.5, 0.6) is 0 Å². The van der Waals surface area contributed by atoms with Gasteiger partial charge >= 0.3 is 6.03 Å². The van der Waals surface area contributed by atoms with Crippen molar-refractivity contribution in [3.05, 3.63) is 42.2 Å². The van der Waals surface area contributed by atoms with Crippen LogP contribution >= 0.6 is 0 Å². The van der Waals surface area contributed by atoms with Gasteiger partial charge in [0.15, 0.2) is 0 Å². The number of nitrogens with one attached hydrogen (secondary N) is 2. The molecular formula is C16H21N9O. The van der Waals surface area contributed by atoms with E-state index in [2.05, 4.69) is 43.2 Å². The van der Waals surface area contributed by atoms with Crippen LogP contribution < -0.4 is 10.6 Å². The number of benzene rings is 1. The summed E-state index contributed by atoms with van der Waals surface area (Å²) in [7, 11) is 0. The Morgan fingerprint density at radius 1 is 1.35 bits per heavy atom. The molecule has 0 saturated heterocycles. The zero-order valence-electron chi connectivity index (χ0n) is 14.9. The standard InChI is InChI=1S/C16H21N9O/c1-4-7-24-15(17-9-19-24)12(3)20-16(26)21-14-8-13(6-5-11(14)2)25-10-18-22-23-25/h5-6,8-10,12H,4,7H2,1-3H3,(H2,20,21,26)/t12-/m0/s1. The second-order valence-corrected chi connectivity index (χ2v) is 5.92. The van der Waals surface area contributed by atoms with E-state index in [-0.39, 0.29) is 12.1 Å². The van der Waals surface area contributed by atoms with Crippen LogP contribution in [0.1, 0.15) is 37.7 Å². The third-order valence-electron chi connectivity index (χ3n) is 3.90. The van der Waals surface area contributed by atoms with Crippen LogP contribution in [0, 0.1) is 6.92 Å². The third-order valence-corrected chi connectivity index (χ3v) is 3.90. The molecule has 2 amide bonds. The molecule has 10 nitrogen and oxygen atoms in total. The summed E-state index contributed by atoms with van der Waals surface area (Å²) < 4.78 is 3.33. The van der Waals surface area contributed by atoms with Crippen LogP contribution in [0.4, 0.5) is 10.5 Å². The summed E-state index contributed by atoms with van der Waals surface area (Å²) >= 11 is 0. The van der Waals surface area contributed by atoms with Crippen LogP contribution in [0.15, 0.2) is 30.9 Å². The lowest BCUT2D eigenvalue weighted by molar-refractivity contribution is 0.248. The Morgan fingerprint density at radius 3 is 2.92 bits per heavy atom. The summed E-state index contributed by atoms with van der Waals surface area (Å²) in [4.78, 5) is 16.7. The highest BCUT2D eigenvalue weighted by Crippen LogP contribution is 2.19. The van der Waals surface area contributed by atoms with Crippen molar-refractivity contribution in [2.75, 3.05) is 5.32 Å². The van der Waals surface area contributed by atoms with Crippen molar-refractivity contribution in [2.45, 2.75) is 39.8 Å². The first-order valence-electron chi connectivity index (χ1n) is 8.37. The quantitative estimate of drug-likeness (QED) is 0.697. The predicted molar refractivity (Wildman–Crippen MR) is 94.8 cm³/mol. The number of aryl methyl sites for hydroxylation is 2. The number of hydrogen-bond donors (Lipinski definition) is 2. The topological polar surface area (TPSA) is 115 Å². The zero-order chi connectivity index (χ0) is 18.5. The van der Waals surface area contributed by atoms with Crippen LogP contribution in [0.3, 0.4) is 0 Å². The van der Waals surface area contributed by atoms with Gasteiger partial charge in [0.25, 0.3) is 0 Å². The third kappa shape index (κ3) is 3.85. The molecule has 0 aliphatic rings. The largest absolute Gasteiger partial charge is 0.328 e. The lowest BCUT2D eigenvalue weighted by atomic mass is 10.2. The molecule has 2 N–H and O–H groups in total. The maximum absolute atomic E-state index is 12.4. The van der Waals surface area contributed by atoms with Crippen molar-refractivity contribution in [3.63, 3.8) is 0 Å². The molecule has 3 aromatic rings. The number of aromatic nitrogens is 7. The molecule has 1 atom stereocenters. The molecule has 0 fully saturated rings. The van der Waals surface area contributed by atoms with E-state index in [0.717, 1.165) is 30.0 Å². The molecule has 136 valence electrons. The molecule has 0 aliphatic carbocycles. The fourth-order valence-electron chi connectivity index (χ4n) is 2.58. The van der Waals surface area contributed by atoms with Crippen molar-refractivity contribution in [1.82, 2.24) is 40.3 Å². The van der Waals surface area contributed by atoms with Crippen molar-refractivity contribution < 1.29 is 4.79 Å². The first-order chi connectivity index (χ1) is 12.6. The summed E-state index contributed by atoms with van der Waals surface area (Å²) in [5.41, 5.74) is 2.36. The fraction of sp³-hybridized carbons (Fsp3) is 0.375. The number of amides is 2. The highest BCUT2D eigenvalue weighted by Gasteiger charge is 2.16. The Hall–Kier alpha value is -3.30. The van der Waals surface area contributed by atoms with E-state index in [0.29, 0.717) is 5.69 Å². The maximum atomic E-state index is 12.4. The second-order valence-electron chi connectivity index (χ2n) is 5.92. The normalized spacial score (nSPS) is 12.0. The number of rotatable bonds is 6. The minimum absolute atomic E-state index is 0.271. The lowest BCUT2D eigenvalue weighted by Crippen LogP contribution is -2.33. The van der Waals surface area contributed by atoms with Crippen molar-refractivity contribution in [2.24, 2.45) is 0 Å². The van der Waals surface area contributed by atoms with E-state index in [1.54, 1.807) is 4.68 Å². The highest BCUT2D eigenvalue weighted by molar-refractivity contribution is 5.90. The molecule has 0 radical (unpaired) electrons. The molecule has 0 saturated carbocycles. The Bertz CT molecular complexity index is 872. The Morgan fingerprint density at radius 2 is 2.19 bits per heavy atom. The van der Waals surface area contributed by atoms with Gasteiger partial charge in [-0.3, -0.25) is 0 Å². The van der Waals surface area contributed by atoms with Gasteiger partial charge in [0.05, 0.1) is 11.7 Å². The van der Waals surface area contributed by atoms with E-state index >= 15 is 0 Å². The zero-order valence-corrected chi connectivity index (χ0v) is 14.9. The number of carbonyl (C=O) groups is 1. The van der Waals surface area contributed by atoms with Gasteiger partial charge in [-0.25, -0.2) is 19.1 Å². The smallest absolute Gasteiger partial charge is 0.319 e. The first-order valence-corrected chi connectivity index (χ1v) is 8.37. The van der Waals surface area contributed by atoms with Gasteiger partial charge in [0.1, 0.15) is 18.5 Å². The fourth-order valence-corrected chi connectivity index (χ4v) is 2.58. The molecule has 2 aromatic heterocycles. The Labute approximate surface area is 150 Å². The summed E-state index contributed by atoms with van der Waals surface area (Å²) in [6.07, 6.45) is 3.94. The highest BCUT2D eigenvalue weighted by atomic mass is 16.2. The molecule has 2 heterocycles. The van der Waals surface area contributed by atoms with E-state index in [1.165, 1.54) is 17.3 Å². The molecular weight excluding hydrogens is 334 g/mol. The van der Waals surface area contributed by atoms with E-state index in [9.17, 15) is 4.79 Å². The maximum Gasteiger partial charge on any atom is 0.319 e. The summed E-state index contributed by atoms with van der Waals surface area (Å²) in [5.74, 6) is 0.723. The average molecular weight is 355 g/mol. The minimum Gasteiger partial charge on any atom is -0.328 e. The number of urea groups is 1. The molecule has 0 unspecified atom stereocenters. The predicted octanol–water partition coefficient (Wildman–Crippen LogP) is 1.85. The molecule has 0 spiro atoms. The number of anilines is 1. The number of carbonyl (C=O) groups excluding carboxylic acids is 1. The lowest BCUT2D eigenvalue weighted by Gasteiger charge is -2.16. The monoisotopic (exact) mass is 355 g/mol. The van der Waals surface area contributed by atoms with Gasteiger partial charge in [0, 0.05) is 12.2 Å². The van der Waals surface area contributed by atoms with Gasteiger partial charge in [-0.15, -0.1) is 5.10 Å². The SMILES string of the molecule is CCCn1ncnc1[C@H](C)NC(=O)Nc1cc(-n2cnnn2)ccc1C. The summed E-state index contributed by atoms with van der Waals surface area (Å²) in [5, 5.41) is 21.0. The van der Waals surface area contributed by atoms with E-state index < -0.39 is 0 Å². The van der Waals surface area contributed by atoms with Crippen LogP contribution in [0.25, 0.3) is 5.69 Å². The Balaban J connectivity index is 1.70. The molecule has 26 heavy (non-hydrogen) atoms. The van der Waals surface area contributed by atoms with Crippen LogP contribution in [0.2, 0.25) is 0 Å². The Kier molecular flexibility index (Phi) is 5.20. The van der Waals surface area contributed by atoms with Gasteiger partial charge < -0.3 is 10.6 Å². The number of hydrogen-bond acceptors (Lipinski definition) is 6. The number of nitrogens with zero attached hydrogens (tertiary/aromatic N) is 7. The summed E-state index contributed by atoms with van der Waals surface area (Å²) in [6, 6.07) is 5.00. The van der Waals surface area contributed by atoms with Crippen LogP contribution in [-0.4, -0.2) is 41.0 Å². The molecule has 10 heteroatoms. The summed E-state index contributed by atoms with van der Waals surface area (Å²) in [6.45, 7) is 6.62. The van der Waals surface area contributed by atoms with Gasteiger partial charge in [-0.2, -0.15) is 5.10 Å². The number of tetrazole rings is 1. The van der Waals surface area contributed by atoms with Crippen molar-refractivity contribution in [3.8, 4) is 5.69 Å². The minimum atomic E-state index is -0.319. The van der Waals surface area contributed by atoms with Gasteiger partial charge in [0.2, 0.25) is 0 Å².